The first-order chi connectivity index (χ1) is 13.8. The highest BCUT2D eigenvalue weighted by molar-refractivity contribution is 6.05. The molecule has 2 aliphatic rings. The predicted molar refractivity (Wildman–Crippen MR) is 114 cm³/mol. The van der Waals surface area contributed by atoms with Gasteiger partial charge in [0.25, 0.3) is 0 Å². The van der Waals surface area contributed by atoms with E-state index in [-0.39, 0.29) is 23.3 Å². The van der Waals surface area contributed by atoms with Crippen molar-refractivity contribution in [2.24, 2.45) is 5.41 Å². The number of urea groups is 1. The highest BCUT2D eigenvalue weighted by atomic mass is 16.2. The average Bonchev–Trinajstić information content (AvgIpc) is 3.10. The first-order valence-corrected chi connectivity index (χ1v) is 10.1. The molecule has 1 atom stereocenters. The topological polar surface area (TPSA) is 78.4 Å². The molecule has 4 heterocycles. The number of hydrogen-bond acceptors (Lipinski definition) is 5. The maximum Gasteiger partial charge on any atom is 0.329 e. The summed E-state index contributed by atoms with van der Waals surface area (Å²) < 4.78 is 0. The molecule has 0 radical (unpaired) electrons. The van der Waals surface area contributed by atoms with Gasteiger partial charge in [-0.1, -0.05) is 26.8 Å². The Balaban J connectivity index is 1.62. The molecule has 0 saturated carbocycles. The number of rotatable bonds is 4. The fraction of sp³-hybridized carbons (Fsp3) is 0.455. The summed E-state index contributed by atoms with van der Waals surface area (Å²) in [6.07, 6.45) is 3.76. The second-order valence-electron chi connectivity index (χ2n) is 8.93. The van der Waals surface area contributed by atoms with Crippen molar-refractivity contribution in [1.82, 2.24) is 9.97 Å². The van der Waals surface area contributed by atoms with E-state index in [0.717, 1.165) is 31.6 Å². The lowest BCUT2D eigenvalue weighted by Gasteiger charge is -2.35. The smallest absolute Gasteiger partial charge is 0.329 e. The summed E-state index contributed by atoms with van der Waals surface area (Å²) in [5, 5.41) is 2.86. The zero-order valence-electron chi connectivity index (χ0n) is 17.2. The standard InChI is InChI=1S/C22H27N5O2/c1-22(2,3)11-9-18(28)16-7-8-17-20(24-16)27(15-10-13-26(17)14-15)21(29)25-19-6-4-5-12-23-19/h4-8,12,15H,9-11,13-14H2,1-3H3,(H,23,25,29)/t15-/m0/s1. The maximum atomic E-state index is 13.1. The van der Waals surface area contributed by atoms with Gasteiger partial charge < -0.3 is 4.90 Å². The van der Waals surface area contributed by atoms with Gasteiger partial charge in [0.1, 0.15) is 11.5 Å². The van der Waals surface area contributed by atoms with Crippen molar-refractivity contribution in [3.05, 3.63) is 42.2 Å². The molecule has 0 aromatic carbocycles. The molecule has 0 aliphatic carbocycles. The molecule has 2 aliphatic heterocycles. The highest BCUT2D eigenvalue weighted by Gasteiger charge is 2.40. The third kappa shape index (κ3) is 4.09. The normalized spacial score (nSPS) is 17.8. The molecule has 1 N–H and O–H groups in total. The summed E-state index contributed by atoms with van der Waals surface area (Å²) in [4.78, 5) is 38.6. The molecule has 2 bridgehead atoms. The van der Waals surface area contributed by atoms with Gasteiger partial charge in [-0.05, 0) is 42.5 Å². The number of carbonyl (C=O) groups is 2. The minimum Gasteiger partial charge on any atom is -0.366 e. The number of Topliss-reactive ketones (excluding diaryl/α,β-unsaturated/α-hetero) is 1. The Morgan fingerprint density at radius 2 is 2.03 bits per heavy atom. The molecule has 7 heteroatoms. The van der Waals surface area contributed by atoms with Gasteiger partial charge in [0.15, 0.2) is 11.6 Å². The molecule has 2 aromatic rings. The monoisotopic (exact) mass is 393 g/mol. The average molecular weight is 393 g/mol. The Bertz CT molecular complexity index is 923. The van der Waals surface area contributed by atoms with Crippen molar-refractivity contribution < 1.29 is 9.59 Å². The van der Waals surface area contributed by atoms with Crippen LogP contribution in [0.1, 0.15) is 50.5 Å². The summed E-state index contributed by atoms with van der Waals surface area (Å²) >= 11 is 0. The quantitative estimate of drug-likeness (QED) is 0.791. The van der Waals surface area contributed by atoms with E-state index < -0.39 is 0 Å². The Labute approximate surface area is 171 Å². The Morgan fingerprint density at radius 1 is 1.21 bits per heavy atom. The second-order valence-corrected chi connectivity index (χ2v) is 8.93. The molecule has 152 valence electrons. The summed E-state index contributed by atoms with van der Waals surface area (Å²) in [5.41, 5.74) is 1.41. The van der Waals surface area contributed by atoms with Crippen molar-refractivity contribution in [3.8, 4) is 0 Å². The number of anilines is 3. The van der Waals surface area contributed by atoms with Gasteiger partial charge in [-0.3, -0.25) is 15.0 Å². The van der Waals surface area contributed by atoms with Crippen LogP contribution in [0.2, 0.25) is 0 Å². The van der Waals surface area contributed by atoms with E-state index in [4.69, 9.17) is 0 Å². The number of carbonyl (C=O) groups excluding carboxylic acids is 2. The molecule has 29 heavy (non-hydrogen) atoms. The van der Waals surface area contributed by atoms with Crippen molar-refractivity contribution in [3.63, 3.8) is 0 Å². The van der Waals surface area contributed by atoms with E-state index in [1.165, 1.54) is 0 Å². The second kappa shape index (κ2) is 7.46. The number of ketones is 1. The van der Waals surface area contributed by atoms with Crippen LogP contribution in [0, 0.1) is 5.41 Å². The van der Waals surface area contributed by atoms with Gasteiger partial charge in [0, 0.05) is 25.7 Å². The Kier molecular flexibility index (Phi) is 4.98. The van der Waals surface area contributed by atoms with Gasteiger partial charge >= 0.3 is 6.03 Å². The van der Waals surface area contributed by atoms with E-state index >= 15 is 0 Å². The molecule has 0 spiro atoms. The largest absolute Gasteiger partial charge is 0.366 e. The Morgan fingerprint density at radius 3 is 2.76 bits per heavy atom. The molecular formula is C22H27N5O2. The van der Waals surface area contributed by atoms with Crippen LogP contribution in [0.25, 0.3) is 0 Å². The fourth-order valence-corrected chi connectivity index (χ4v) is 3.85. The first kappa shape index (κ1) is 19.4. The van der Waals surface area contributed by atoms with Gasteiger partial charge in [-0.25, -0.2) is 14.8 Å². The molecule has 0 unspecified atom stereocenters. The molecular weight excluding hydrogens is 366 g/mol. The molecule has 1 saturated heterocycles. The van der Waals surface area contributed by atoms with E-state index in [0.29, 0.717) is 23.8 Å². The van der Waals surface area contributed by atoms with Crippen LogP contribution in [0.5, 0.6) is 0 Å². The van der Waals surface area contributed by atoms with Crippen molar-refractivity contribution >= 4 is 29.1 Å². The van der Waals surface area contributed by atoms with Crippen LogP contribution in [0.15, 0.2) is 36.5 Å². The van der Waals surface area contributed by atoms with Crippen LogP contribution in [0.3, 0.4) is 0 Å². The van der Waals surface area contributed by atoms with Crippen LogP contribution < -0.4 is 15.1 Å². The van der Waals surface area contributed by atoms with Gasteiger partial charge in [-0.2, -0.15) is 0 Å². The number of amides is 2. The summed E-state index contributed by atoms with van der Waals surface area (Å²) in [5.74, 6) is 1.08. The number of nitrogens with one attached hydrogen (secondary N) is 1. The highest BCUT2D eigenvalue weighted by Crippen LogP contribution is 2.39. The van der Waals surface area contributed by atoms with E-state index in [1.807, 2.05) is 12.1 Å². The summed E-state index contributed by atoms with van der Waals surface area (Å²) in [6, 6.07) is 8.88. The van der Waals surface area contributed by atoms with Crippen LogP contribution in [-0.2, 0) is 0 Å². The lowest BCUT2D eigenvalue weighted by molar-refractivity contribution is 0.0961. The SMILES string of the molecule is CC(C)(C)CCC(=O)c1ccc2c(n1)N(C(=O)Nc1ccccn1)[C@H]1CCN2C1. The fourth-order valence-electron chi connectivity index (χ4n) is 3.85. The summed E-state index contributed by atoms with van der Waals surface area (Å²) in [7, 11) is 0. The third-order valence-corrected chi connectivity index (χ3v) is 5.46. The number of nitrogens with zero attached hydrogens (tertiary/aromatic N) is 4. The molecule has 2 aromatic heterocycles. The molecule has 7 nitrogen and oxygen atoms in total. The van der Waals surface area contributed by atoms with Crippen LogP contribution in [-0.4, -0.2) is 40.9 Å². The van der Waals surface area contributed by atoms with Gasteiger partial charge in [-0.15, -0.1) is 0 Å². The number of pyridine rings is 2. The van der Waals surface area contributed by atoms with E-state index in [2.05, 4.69) is 41.0 Å². The zero-order valence-corrected chi connectivity index (χ0v) is 17.2. The first-order valence-electron chi connectivity index (χ1n) is 10.1. The molecule has 1 fully saturated rings. The van der Waals surface area contributed by atoms with Crippen LogP contribution in [0.4, 0.5) is 22.1 Å². The van der Waals surface area contributed by atoms with E-state index in [1.54, 1.807) is 29.3 Å². The molecule has 2 amide bonds. The van der Waals surface area contributed by atoms with Crippen molar-refractivity contribution in [2.45, 2.75) is 46.1 Å². The maximum absolute atomic E-state index is 13.1. The zero-order chi connectivity index (χ0) is 20.6. The number of fused-ring (bicyclic) bond motifs is 4. The Hall–Kier alpha value is -2.96. The summed E-state index contributed by atoms with van der Waals surface area (Å²) in [6.45, 7) is 8.02. The molecule has 4 rings (SSSR count). The number of aromatic nitrogens is 2. The van der Waals surface area contributed by atoms with E-state index in [9.17, 15) is 9.59 Å². The third-order valence-electron chi connectivity index (χ3n) is 5.46. The van der Waals surface area contributed by atoms with Crippen molar-refractivity contribution in [1.29, 1.82) is 0 Å². The minimum absolute atomic E-state index is 0.0146. The van der Waals surface area contributed by atoms with Gasteiger partial charge in [0.05, 0.1) is 11.7 Å². The lowest BCUT2D eigenvalue weighted by atomic mass is 9.89. The van der Waals surface area contributed by atoms with Crippen molar-refractivity contribution in [2.75, 3.05) is 28.2 Å². The number of hydrogen-bond donors (Lipinski definition) is 1. The minimum atomic E-state index is -0.261. The predicted octanol–water partition coefficient (Wildman–Crippen LogP) is 4.12. The van der Waals surface area contributed by atoms with Gasteiger partial charge in [0.2, 0.25) is 0 Å². The lowest BCUT2D eigenvalue weighted by Crippen LogP contribution is -2.48. The van der Waals surface area contributed by atoms with Crippen LogP contribution >= 0.6 is 0 Å².